The molecule has 1 aromatic rings. The summed E-state index contributed by atoms with van der Waals surface area (Å²) in [6, 6.07) is 9.24. The first kappa shape index (κ1) is 12.4. The van der Waals surface area contributed by atoms with E-state index in [1.165, 1.54) is 24.9 Å². The van der Waals surface area contributed by atoms with Gasteiger partial charge < -0.3 is 9.64 Å². The highest BCUT2D eigenvalue weighted by Gasteiger charge is 2.41. The molecule has 0 aliphatic carbocycles. The van der Waals surface area contributed by atoms with Gasteiger partial charge in [0.2, 0.25) is 0 Å². The highest BCUT2D eigenvalue weighted by Crippen LogP contribution is 2.34. The van der Waals surface area contributed by atoms with Gasteiger partial charge in [-0.25, -0.2) is 0 Å². The number of benzene rings is 1. The smallest absolute Gasteiger partial charge is 0.119 e. The molecule has 2 nitrogen and oxygen atoms in total. The Morgan fingerprint density at radius 2 is 2.18 bits per heavy atom. The molecule has 0 spiro atoms. The molecule has 2 heteroatoms. The van der Waals surface area contributed by atoms with Gasteiger partial charge in [0.05, 0.1) is 26.7 Å². The maximum absolute atomic E-state index is 5.35. The normalized spacial score (nSPS) is 33.4. The van der Waals surface area contributed by atoms with E-state index in [-0.39, 0.29) is 5.41 Å². The van der Waals surface area contributed by atoms with E-state index in [0.29, 0.717) is 6.04 Å². The quantitative estimate of drug-likeness (QED) is 0.821. The van der Waals surface area contributed by atoms with E-state index >= 15 is 0 Å². The summed E-state index contributed by atoms with van der Waals surface area (Å²) < 4.78 is 5.35. The first-order chi connectivity index (χ1) is 8.08. The zero-order valence-electron chi connectivity index (χ0n) is 11.4. The number of nitrogens with one attached hydrogen (secondary N) is 1. The van der Waals surface area contributed by atoms with Crippen molar-refractivity contribution < 1.29 is 9.64 Å². The van der Waals surface area contributed by atoms with E-state index in [4.69, 9.17) is 4.74 Å². The second-order valence-corrected chi connectivity index (χ2v) is 5.57. The van der Waals surface area contributed by atoms with Gasteiger partial charge in [-0.1, -0.05) is 12.1 Å². The third-order valence-electron chi connectivity index (χ3n) is 4.69. The first-order valence-electron chi connectivity index (χ1n) is 6.55. The minimum Gasteiger partial charge on any atom is -0.497 e. The maximum Gasteiger partial charge on any atom is 0.119 e. The third-order valence-corrected chi connectivity index (χ3v) is 4.69. The molecular formula is C15H24NO+. The SMILES string of the molecule is COc1cccc([C@@]2(C)CCC[NH+](C)[C@@H]2C)c1. The number of methoxy groups -OCH3 is 1. The highest BCUT2D eigenvalue weighted by atomic mass is 16.5. The molecule has 94 valence electrons. The Kier molecular flexibility index (Phi) is 3.43. The number of piperidine rings is 1. The molecule has 0 amide bonds. The van der Waals surface area contributed by atoms with Gasteiger partial charge in [0.25, 0.3) is 0 Å². The molecule has 1 aliphatic heterocycles. The van der Waals surface area contributed by atoms with E-state index < -0.39 is 0 Å². The van der Waals surface area contributed by atoms with Crippen LogP contribution in [0.4, 0.5) is 0 Å². The van der Waals surface area contributed by atoms with Crippen LogP contribution in [0.5, 0.6) is 5.75 Å². The van der Waals surface area contributed by atoms with Crippen LogP contribution in [0.15, 0.2) is 24.3 Å². The molecule has 1 aliphatic rings. The van der Waals surface area contributed by atoms with Gasteiger partial charge in [0, 0.05) is 5.41 Å². The molecule has 0 radical (unpaired) electrons. The van der Waals surface area contributed by atoms with Crippen LogP contribution in [-0.2, 0) is 5.41 Å². The molecule has 1 heterocycles. The molecule has 17 heavy (non-hydrogen) atoms. The van der Waals surface area contributed by atoms with Crippen molar-refractivity contribution in [3.8, 4) is 5.75 Å². The van der Waals surface area contributed by atoms with E-state index in [1.807, 2.05) is 6.07 Å². The Morgan fingerprint density at radius 3 is 2.88 bits per heavy atom. The number of quaternary nitrogens is 1. The molecule has 2 rings (SSSR count). The van der Waals surface area contributed by atoms with Crippen LogP contribution < -0.4 is 9.64 Å². The Hall–Kier alpha value is -1.02. The van der Waals surface area contributed by atoms with E-state index in [2.05, 4.69) is 39.1 Å². The second-order valence-electron chi connectivity index (χ2n) is 5.57. The van der Waals surface area contributed by atoms with E-state index in [9.17, 15) is 0 Å². The summed E-state index contributed by atoms with van der Waals surface area (Å²) >= 11 is 0. The van der Waals surface area contributed by atoms with Crippen LogP contribution in [0.3, 0.4) is 0 Å². The lowest BCUT2D eigenvalue weighted by atomic mass is 9.70. The fraction of sp³-hybridized carbons (Fsp3) is 0.600. The van der Waals surface area contributed by atoms with Crippen molar-refractivity contribution in [2.75, 3.05) is 20.7 Å². The van der Waals surface area contributed by atoms with Gasteiger partial charge >= 0.3 is 0 Å². The van der Waals surface area contributed by atoms with Crippen LogP contribution in [0.1, 0.15) is 32.3 Å². The van der Waals surface area contributed by atoms with Crippen molar-refractivity contribution in [2.24, 2.45) is 0 Å². The molecule has 0 saturated carbocycles. The largest absolute Gasteiger partial charge is 0.497 e. The summed E-state index contributed by atoms with van der Waals surface area (Å²) in [6.07, 6.45) is 2.59. The molecule has 1 fully saturated rings. The van der Waals surface area contributed by atoms with Crippen LogP contribution >= 0.6 is 0 Å². The molecular weight excluding hydrogens is 210 g/mol. The lowest BCUT2D eigenvalue weighted by Gasteiger charge is -2.43. The zero-order chi connectivity index (χ0) is 12.5. The summed E-state index contributed by atoms with van der Waals surface area (Å²) in [6.45, 7) is 6.06. The lowest BCUT2D eigenvalue weighted by molar-refractivity contribution is -0.914. The van der Waals surface area contributed by atoms with Crippen molar-refractivity contribution >= 4 is 0 Å². The molecule has 1 unspecified atom stereocenters. The summed E-state index contributed by atoms with van der Waals surface area (Å²) in [5.74, 6) is 0.971. The fourth-order valence-electron chi connectivity index (χ4n) is 3.08. The van der Waals surface area contributed by atoms with Gasteiger partial charge in [0.1, 0.15) is 5.75 Å². The van der Waals surface area contributed by atoms with Crippen LogP contribution in [0.2, 0.25) is 0 Å². The average Bonchev–Trinajstić information content (AvgIpc) is 2.36. The summed E-state index contributed by atoms with van der Waals surface area (Å²) in [4.78, 5) is 1.64. The molecule has 1 aromatic carbocycles. The molecule has 3 atom stereocenters. The van der Waals surface area contributed by atoms with Crippen molar-refractivity contribution in [3.63, 3.8) is 0 Å². The number of hydrogen-bond donors (Lipinski definition) is 1. The number of ether oxygens (including phenoxy) is 1. The van der Waals surface area contributed by atoms with Crippen LogP contribution in [-0.4, -0.2) is 26.7 Å². The molecule has 0 bridgehead atoms. The Labute approximate surface area is 105 Å². The minimum atomic E-state index is 0.275. The predicted molar refractivity (Wildman–Crippen MR) is 70.8 cm³/mol. The van der Waals surface area contributed by atoms with Gasteiger partial charge in [-0.05, 0) is 44.4 Å². The lowest BCUT2D eigenvalue weighted by Crippen LogP contribution is -3.15. The summed E-state index contributed by atoms with van der Waals surface area (Å²) in [5, 5.41) is 0. The molecule has 1 N–H and O–H groups in total. The van der Waals surface area contributed by atoms with Gasteiger partial charge in [-0.15, -0.1) is 0 Å². The van der Waals surface area contributed by atoms with Crippen molar-refractivity contribution in [2.45, 2.75) is 38.1 Å². The van der Waals surface area contributed by atoms with Gasteiger partial charge in [-0.3, -0.25) is 0 Å². The maximum atomic E-state index is 5.35. The van der Waals surface area contributed by atoms with Crippen molar-refractivity contribution in [1.29, 1.82) is 0 Å². The Morgan fingerprint density at radius 1 is 1.41 bits per heavy atom. The van der Waals surface area contributed by atoms with Gasteiger partial charge in [-0.2, -0.15) is 0 Å². The second kappa shape index (κ2) is 4.69. The average molecular weight is 234 g/mol. The van der Waals surface area contributed by atoms with Crippen molar-refractivity contribution in [3.05, 3.63) is 29.8 Å². The Bertz CT molecular complexity index is 390. The number of hydrogen-bond acceptors (Lipinski definition) is 1. The predicted octanol–water partition coefficient (Wildman–Crippen LogP) is 1.65. The van der Waals surface area contributed by atoms with E-state index in [1.54, 1.807) is 12.0 Å². The monoisotopic (exact) mass is 234 g/mol. The standard InChI is InChI=1S/C15H23NO/c1-12-15(2,9-6-10-16(12)3)13-7-5-8-14(11-13)17-4/h5,7-8,11-12H,6,9-10H2,1-4H3/p+1/t12-,15+/m1/s1. The Balaban J connectivity index is 2.35. The number of likely N-dealkylation sites (N-methyl/N-ethyl adjacent to an activating group) is 1. The fourth-order valence-corrected chi connectivity index (χ4v) is 3.08. The third kappa shape index (κ3) is 2.19. The van der Waals surface area contributed by atoms with Crippen molar-refractivity contribution in [1.82, 2.24) is 0 Å². The van der Waals surface area contributed by atoms with Crippen LogP contribution in [0.25, 0.3) is 0 Å². The number of rotatable bonds is 2. The first-order valence-corrected chi connectivity index (χ1v) is 6.55. The van der Waals surface area contributed by atoms with Gasteiger partial charge in [0.15, 0.2) is 0 Å². The topological polar surface area (TPSA) is 13.7 Å². The minimum absolute atomic E-state index is 0.275. The summed E-state index contributed by atoms with van der Waals surface area (Å²) in [7, 11) is 4.05. The zero-order valence-corrected chi connectivity index (χ0v) is 11.4. The highest BCUT2D eigenvalue weighted by molar-refractivity contribution is 5.34. The van der Waals surface area contributed by atoms with Crippen LogP contribution in [0, 0.1) is 0 Å². The van der Waals surface area contributed by atoms with E-state index in [0.717, 1.165) is 5.75 Å². The molecule has 0 aromatic heterocycles. The summed E-state index contributed by atoms with van der Waals surface area (Å²) in [5.41, 5.74) is 1.69. The molecule has 1 saturated heterocycles. The number of likely N-dealkylation sites (tertiary alicyclic amines) is 1.